The second-order valence-corrected chi connectivity index (χ2v) is 5.86. The summed E-state index contributed by atoms with van der Waals surface area (Å²) in [5.74, 6) is -0.814. The second-order valence-electron chi connectivity index (χ2n) is 5.86. The van der Waals surface area contributed by atoms with E-state index >= 15 is 0 Å². The largest absolute Gasteiger partial charge is 0.573 e. The molecule has 0 saturated carbocycles. The molecule has 3 rings (SSSR count). The SMILES string of the molecule is CCn1ncc(C2=NO[C@@H](C(=O)Nc3ccc(OC(F)(F)F)cc3)C2)c1C. The molecule has 1 amide bonds. The number of halogens is 3. The van der Waals surface area contributed by atoms with Gasteiger partial charge in [-0.25, -0.2) is 0 Å². The number of anilines is 1. The standard InChI is InChI=1S/C17H17F3N4O3/c1-3-24-10(2)13(9-21-24)14-8-15(27-23-14)16(25)22-11-4-6-12(7-5-11)26-17(18,19)20/h4-7,9,15H,3,8H2,1-2H3,(H,22,25)/t15-/m1/s1. The Morgan fingerprint density at radius 1 is 1.37 bits per heavy atom. The Bertz CT molecular complexity index is 859. The third kappa shape index (κ3) is 4.39. The normalized spacial score (nSPS) is 16.6. The van der Waals surface area contributed by atoms with Crippen molar-refractivity contribution < 1.29 is 27.5 Å². The van der Waals surface area contributed by atoms with E-state index in [9.17, 15) is 18.0 Å². The van der Waals surface area contributed by atoms with Crippen LogP contribution in [0.15, 0.2) is 35.6 Å². The van der Waals surface area contributed by atoms with E-state index < -0.39 is 18.4 Å². The number of amides is 1. The van der Waals surface area contributed by atoms with Crippen LogP contribution in [0.3, 0.4) is 0 Å². The van der Waals surface area contributed by atoms with Gasteiger partial charge in [-0.15, -0.1) is 13.2 Å². The lowest BCUT2D eigenvalue weighted by molar-refractivity contribution is -0.274. The molecule has 1 N–H and O–H groups in total. The van der Waals surface area contributed by atoms with Gasteiger partial charge in [-0.1, -0.05) is 5.16 Å². The molecule has 27 heavy (non-hydrogen) atoms. The van der Waals surface area contributed by atoms with Gasteiger partial charge < -0.3 is 14.9 Å². The first-order valence-corrected chi connectivity index (χ1v) is 8.19. The zero-order valence-corrected chi connectivity index (χ0v) is 14.6. The van der Waals surface area contributed by atoms with Crippen LogP contribution in [0.1, 0.15) is 24.6 Å². The number of oxime groups is 1. The number of alkyl halides is 3. The maximum Gasteiger partial charge on any atom is 0.573 e. The van der Waals surface area contributed by atoms with E-state index in [0.717, 1.165) is 29.9 Å². The number of nitrogens with zero attached hydrogens (tertiary/aromatic N) is 3. The molecule has 0 bridgehead atoms. The van der Waals surface area contributed by atoms with E-state index in [1.165, 1.54) is 12.1 Å². The van der Waals surface area contributed by atoms with Crippen molar-refractivity contribution in [2.45, 2.75) is 39.3 Å². The van der Waals surface area contributed by atoms with Gasteiger partial charge in [0.25, 0.3) is 5.91 Å². The Hall–Kier alpha value is -3.04. The maximum atomic E-state index is 12.3. The first-order chi connectivity index (χ1) is 12.8. The molecule has 1 aliphatic heterocycles. The summed E-state index contributed by atoms with van der Waals surface area (Å²) in [7, 11) is 0. The zero-order chi connectivity index (χ0) is 19.6. The minimum Gasteiger partial charge on any atom is -0.406 e. The van der Waals surface area contributed by atoms with Crippen LogP contribution in [0.2, 0.25) is 0 Å². The molecular weight excluding hydrogens is 365 g/mol. The van der Waals surface area contributed by atoms with Crippen molar-refractivity contribution in [3.05, 3.63) is 41.7 Å². The van der Waals surface area contributed by atoms with Gasteiger partial charge in [-0.3, -0.25) is 9.48 Å². The number of nitrogens with one attached hydrogen (secondary N) is 1. The molecule has 0 saturated heterocycles. The number of hydrogen-bond acceptors (Lipinski definition) is 5. The lowest BCUT2D eigenvalue weighted by Crippen LogP contribution is -2.28. The van der Waals surface area contributed by atoms with Crippen molar-refractivity contribution in [3.8, 4) is 5.75 Å². The molecule has 2 aromatic rings. The Kier molecular flexibility index (Phi) is 5.06. The van der Waals surface area contributed by atoms with E-state index in [2.05, 4.69) is 20.3 Å². The van der Waals surface area contributed by atoms with Crippen LogP contribution in [0.5, 0.6) is 5.75 Å². The third-order valence-corrected chi connectivity index (χ3v) is 4.03. The van der Waals surface area contributed by atoms with Crippen LogP contribution in [0.4, 0.5) is 18.9 Å². The van der Waals surface area contributed by atoms with Crippen LogP contribution in [0, 0.1) is 6.92 Å². The Balaban J connectivity index is 1.59. The summed E-state index contributed by atoms with van der Waals surface area (Å²) in [4.78, 5) is 17.5. The van der Waals surface area contributed by atoms with Crippen LogP contribution in [0.25, 0.3) is 0 Å². The Morgan fingerprint density at radius 3 is 2.67 bits per heavy atom. The number of benzene rings is 1. The van der Waals surface area contributed by atoms with Crippen LogP contribution in [-0.4, -0.2) is 33.9 Å². The molecule has 0 fully saturated rings. The van der Waals surface area contributed by atoms with Crippen LogP contribution >= 0.6 is 0 Å². The summed E-state index contributed by atoms with van der Waals surface area (Å²) in [6.45, 7) is 4.60. The molecule has 1 aliphatic rings. The average Bonchev–Trinajstić information content (AvgIpc) is 3.21. The molecule has 0 spiro atoms. The highest BCUT2D eigenvalue weighted by Gasteiger charge is 2.32. The van der Waals surface area contributed by atoms with Gasteiger partial charge >= 0.3 is 6.36 Å². The molecular formula is C17H17F3N4O3. The van der Waals surface area contributed by atoms with Crippen LogP contribution < -0.4 is 10.1 Å². The van der Waals surface area contributed by atoms with E-state index in [1.54, 1.807) is 6.20 Å². The quantitative estimate of drug-likeness (QED) is 0.861. The third-order valence-electron chi connectivity index (χ3n) is 4.03. The van der Waals surface area contributed by atoms with Crippen molar-refractivity contribution in [1.82, 2.24) is 9.78 Å². The fraction of sp³-hybridized carbons (Fsp3) is 0.353. The number of rotatable bonds is 5. The summed E-state index contributed by atoms with van der Waals surface area (Å²) in [6, 6.07) is 4.85. The molecule has 1 aromatic carbocycles. The number of aromatic nitrogens is 2. The highest BCUT2D eigenvalue weighted by atomic mass is 19.4. The minimum absolute atomic E-state index is 0.275. The summed E-state index contributed by atoms with van der Waals surface area (Å²) in [6.07, 6.45) is -3.63. The van der Waals surface area contributed by atoms with E-state index in [4.69, 9.17) is 4.84 Å². The Labute approximate surface area is 152 Å². The molecule has 2 heterocycles. The van der Waals surface area contributed by atoms with Crippen molar-refractivity contribution in [1.29, 1.82) is 0 Å². The van der Waals surface area contributed by atoms with Gasteiger partial charge in [0.15, 0.2) is 0 Å². The molecule has 0 radical (unpaired) electrons. The van der Waals surface area contributed by atoms with Crippen molar-refractivity contribution in [2.75, 3.05) is 5.32 Å². The van der Waals surface area contributed by atoms with Crippen LogP contribution in [-0.2, 0) is 16.2 Å². The first-order valence-electron chi connectivity index (χ1n) is 8.19. The molecule has 0 aliphatic carbocycles. The fourth-order valence-electron chi connectivity index (χ4n) is 2.69. The van der Waals surface area contributed by atoms with Gasteiger partial charge in [-0.2, -0.15) is 5.10 Å². The monoisotopic (exact) mass is 382 g/mol. The zero-order valence-electron chi connectivity index (χ0n) is 14.6. The molecule has 0 unspecified atom stereocenters. The number of hydrogen-bond donors (Lipinski definition) is 1. The second kappa shape index (κ2) is 7.29. The summed E-state index contributed by atoms with van der Waals surface area (Å²) < 4.78 is 42.1. The number of aryl methyl sites for hydroxylation is 1. The Morgan fingerprint density at radius 2 is 2.07 bits per heavy atom. The molecule has 1 atom stereocenters. The first kappa shape index (κ1) is 18.7. The predicted octanol–water partition coefficient (Wildman–Crippen LogP) is 3.24. The average molecular weight is 382 g/mol. The van der Waals surface area contributed by atoms with Gasteiger partial charge in [0.2, 0.25) is 6.10 Å². The van der Waals surface area contributed by atoms with Gasteiger partial charge in [0.05, 0.1) is 11.9 Å². The van der Waals surface area contributed by atoms with Crippen molar-refractivity contribution in [3.63, 3.8) is 0 Å². The van der Waals surface area contributed by atoms with E-state index in [0.29, 0.717) is 11.4 Å². The number of carbonyl (C=O) groups excluding carboxylic acids is 1. The van der Waals surface area contributed by atoms with Gasteiger partial charge in [0.1, 0.15) is 5.75 Å². The molecule has 7 nitrogen and oxygen atoms in total. The smallest absolute Gasteiger partial charge is 0.406 e. The number of carbonyl (C=O) groups is 1. The van der Waals surface area contributed by atoms with E-state index in [-0.39, 0.29) is 12.2 Å². The van der Waals surface area contributed by atoms with E-state index in [1.807, 2.05) is 18.5 Å². The lowest BCUT2D eigenvalue weighted by Gasteiger charge is -2.11. The molecule has 10 heteroatoms. The van der Waals surface area contributed by atoms with Crippen molar-refractivity contribution >= 4 is 17.3 Å². The highest BCUT2D eigenvalue weighted by molar-refractivity contribution is 6.06. The number of ether oxygens (including phenoxy) is 1. The highest BCUT2D eigenvalue weighted by Crippen LogP contribution is 2.25. The molecule has 1 aromatic heterocycles. The summed E-state index contributed by atoms with van der Waals surface area (Å²) >= 11 is 0. The minimum atomic E-state index is -4.76. The van der Waals surface area contributed by atoms with Gasteiger partial charge in [-0.05, 0) is 38.1 Å². The molecule has 144 valence electrons. The predicted molar refractivity (Wildman–Crippen MR) is 90.4 cm³/mol. The van der Waals surface area contributed by atoms with Crippen molar-refractivity contribution in [2.24, 2.45) is 5.16 Å². The fourth-order valence-corrected chi connectivity index (χ4v) is 2.69. The summed E-state index contributed by atoms with van der Waals surface area (Å²) in [5, 5.41) is 10.8. The van der Waals surface area contributed by atoms with Gasteiger partial charge in [0, 0.05) is 29.9 Å². The maximum absolute atomic E-state index is 12.3. The lowest BCUT2D eigenvalue weighted by atomic mass is 10.1. The topological polar surface area (TPSA) is 77.7 Å². The summed E-state index contributed by atoms with van der Waals surface area (Å²) in [5.41, 5.74) is 2.70.